The van der Waals surface area contributed by atoms with Crippen molar-refractivity contribution in [3.05, 3.63) is 18.2 Å². The molecule has 1 saturated heterocycles. The molecule has 2 N–H and O–H groups in total. The molecule has 0 radical (unpaired) electrons. The molecule has 22 heavy (non-hydrogen) atoms. The summed E-state index contributed by atoms with van der Waals surface area (Å²) in [5.74, 6) is 0.379. The lowest BCUT2D eigenvalue weighted by molar-refractivity contribution is -0.137. The SMILES string of the molecule is COc1cc(NC(C)C(=O)O)ccc1OCCN1CCCC1. The fourth-order valence-corrected chi connectivity index (χ4v) is 2.48. The van der Waals surface area contributed by atoms with Gasteiger partial charge in [-0.1, -0.05) is 0 Å². The Morgan fingerprint density at radius 2 is 2.09 bits per heavy atom. The smallest absolute Gasteiger partial charge is 0.325 e. The first kappa shape index (κ1) is 16.4. The highest BCUT2D eigenvalue weighted by Gasteiger charge is 2.14. The van der Waals surface area contributed by atoms with E-state index in [-0.39, 0.29) is 0 Å². The standard InChI is InChI=1S/C16H24N2O4/c1-12(16(19)20)17-13-5-6-14(15(11-13)21-2)22-10-9-18-7-3-4-8-18/h5-6,11-12,17H,3-4,7-10H2,1-2H3,(H,19,20). The van der Waals surface area contributed by atoms with Gasteiger partial charge in [0.15, 0.2) is 11.5 Å². The van der Waals surface area contributed by atoms with Crippen molar-refractivity contribution in [2.75, 3.05) is 38.7 Å². The topological polar surface area (TPSA) is 71.0 Å². The second-order valence-corrected chi connectivity index (χ2v) is 5.47. The van der Waals surface area contributed by atoms with Crippen molar-refractivity contribution >= 4 is 11.7 Å². The molecule has 1 aromatic carbocycles. The highest BCUT2D eigenvalue weighted by Crippen LogP contribution is 2.30. The van der Waals surface area contributed by atoms with Crippen molar-refractivity contribution in [2.45, 2.75) is 25.8 Å². The molecule has 122 valence electrons. The van der Waals surface area contributed by atoms with Gasteiger partial charge in [-0.2, -0.15) is 0 Å². The molecular weight excluding hydrogens is 284 g/mol. The number of rotatable bonds is 8. The van der Waals surface area contributed by atoms with E-state index in [9.17, 15) is 4.79 Å². The third-order valence-corrected chi connectivity index (χ3v) is 3.78. The minimum atomic E-state index is -0.898. The molecule has 0 aliphatic carbocycles. The quantitative estimate of drug-likeness (QED) is 0.766. The summed E-state index contributed by atoms with van der Waals surface area (Å²) in [6.07, 6.45) is 2.54. The van der Waals surface area contributed by atoms with E-state index in [0.29, 0.717) is 23.8 Å². The predicted molar refractivity (Wildman–Crippen MR) is 84.9 cm³/mol. The van der Waals surface area contributed by atoms with E-state index in [1.54, 1.807) is 32.2 Å². The van der Waals surface area contributed by atoms with E-state index in [4.69, 9.17) is 14.6 Å². The zero-order valence-electron chi connectivity index (χ0n) is 13.2. The normalized spacial score (nSPS) is 16.3. The number of nitrogens with one attached hydrogen (secondary N) is 1. The van der Waals surface area contributed by atoms with Gasteiger partial charge in [-0.3, -0.25) is 9.69 Å². The molecule has 6 nitrogen and oxygen atoms in total. The van der Waals surface area contributed by atoms with Gasteiger partial charge in [0.25, 0.3) is 0 Å². The number of hydrogen-bond acceptors (Lipinski definition) is 5. The van der Waals surface area contributed by atoms with Crippen LogP contribution in [-0.4, -0.2) is 55.4 Å². The summed E-state index contributed by atoms with van der Waals surface area (Å²) in [4.78, 5) is 13.3. The number of carbonyl (C=O) groups is 1. The molecule has 1 fully saturated rings. The summed E-state index contributed by atoms with van der Waals surface area (Å²) >= 11 is 0. The van der Waals surface area contributed by atoms with Gasteiger partial charge in [0.05, 0.1) is 7.11 Å². The van der Waals surface area contributed by atoms with E-state index >= 15 is 0 Å². The zero-order valence-corrected chi connectivity index (χ0v) is 13.2. The van der Waals surface area contributed by atoms with Crippen LogP contribution in [0.1, 0.15) is 19.8 Å². The molecule has 1 unspecified atom stereocenters. The largest absolute Gasteiger partial charge is 0.493 e. The van der Waals surface area contributed by atoms with Crippen LogP contribution in [0.25, 0.3) is 0 Å². The van der Waals surface area contributed by atoms with Crippen LogP contribution in [0.4, 0.5) is 5.69 Å². The number of ether oxygens (including phenoxy) is 2. The Labute approximate surface area is 131 Å². The molecule has 1 aliphatic heterocycles. The monoisotopic (exact) mass is 308 g/mol. The van der Waals surface area contributed by atoms with Crippen LogP contribution in [0.2, 0.25) is 0 Å². The van der Waals surface area contributed by atoms with Gasteiger partial charge in [-0.15, -0.1) is 0 Å². The number of carboxylic acids is 1. The Kier molecular flexibility index (Phi) is 5.89. The number of anilines is 1. The summed E-state index contributed by atoms with van der Waals surface area (Å²) < 4.78 is 11.1. The van der Waals surface area contributed by atoms with Crippen LogP contribution in [-0.2, 0) is 4.79 Å². The third-order valence-electron chi connectivity index (χ3n) is 3.78. The van der Waals surface area contributed by atoms with E-state index < -0.39 is 12.0 Å². The zero-order chi connectivity index (χ0) is 15.9. The van der Waals surface area contributed by atoms with Gasteiger partial charge >= 0.3 is 5.97 Å². The maximum atomic E-state index is 10.9. The van der Waals surface area contributed by atoms with Crippen molar-refractivity contribution in [3.8, 4) is 11.5 Å². The van der Waals surface area contributed by atoms with E-state index in [1.165, 1.54) is 12.8 Å². The highest BCUT2D eigenvalue weighted by molar-refractivity contribution is 5.77. The van der Waals surface area contributed by atoms with Gasteiger partial charge in [-0.05, 0) is 45.0 Å². The molecule has 0 bridgehead atoms. The Bertz CT molecular complexity index is 501. The van der Waals surface area contributed by atoms with Crippen molar-refractivity contribution < 1.29 is 19.4 Å². The molecule has 0 aromatic heterocycles. The van der Waals surface area contributed by atoms with Crippen LogP contribution in [0, 0.1) is 0 Å². The Morgan fingerprint density at radius 3 is 2.73 bits per heavy atom. The minimum Gasteiger partial charge on any atom is -0.493 e. The first-order valence-electron chi connectivity index (χ1n) is 7.62. The lowest BCUT2D eigenvalue weighted by Crippen LogP contribution is -2.25. The average Bonchev–Trinajstić information content (AvgIpc) is 3.01. The lowest BCUT2D eigenvalue weighted by atomic mass is 10.2. The number of carboxylic acid groups (broad SMARTS) is 1. The summed E-state index contributed by atoms with van der Waals surface area (Å²) in [6.45, 7) is 5.43. The molecule has 2 rings (SSSR count). The molecule has 1 heterocycles. The third kappa shape index (κ3) is 4.53. The number of hydrogen-bond donors (Lipinski definition) is 2. The van der Waals surface area contributed by atoms with E-state index in [0.717, 1.165) is 19.6 Å². The molecule has 0 amide bonds. The number of benzene rings is 1. The predicted octanol–water partition coefficient (Wildman–Crippen LogP) is 2.05. The average molecular weight is 308 g/mol. The maximum absolute atomic E-state index is 10.9. The maximum Gasteiger partial charge on any atom is 0.325 e. The van der Waals surface area contributed by atoms with Crippen LogP contribution in [0.15, 0.2) is 18.2 Å². The molecule has 1 aromatic rings. The van der Waals surface area contributed by atoms with Gasteiger partial charge < -0.3 is 19.9 Å². The lowest BCUT2D eigenvalue weighted by Gasteiger charge is -2.17. The van der Waals surface area contributed by atoms with Gasteiger partial charge in [0.1, 0.15) is 12.6 Å². The van der Waals surface area contributed by atoms with Crippen molar-refractivity contribution in [2.24, 2.45) is 0 Å². The van der Waals surface area contributed by atoms with Crippen molar-refractivity contribution in [1.29, 1.82) is 0 Å². The minimum absolute atomic E-state index is 0.601. The molecule has 0 saturated carbocycles. The fraction of sp³-hybridized carbons (Fsp3) is 0.562. The highest BCUT2D eigenvalue weighted by atomic mass is 16.5. The van der Waals surface area contributed by atoms with Gasteiger partial charge in [0, 0.05) is 18.3 Å². The first-order valence-corrected chi connectivity index (χ1v) is 7.62. The summed E-state index contributed by atoms with van der Waals surface area (Å²) in [5.41, 5.74) is 0.693. The summed E-state index contributed by atoms with van der Waals surface area (Å²) in [7, 11) is 1.58. The van der Waals surface area contributed by atoms with Crippen LogP contribution < -0.4 is 14.8 Å². The van der Waals surface area contributed by atoms with Crippen molar-refractivity contribution in [3.63, 3.8) is 0 Å². The summed E-state index contributed by atoms with van der Waals surface area (Å²) in [6, 6.07) is 4.70. The van der Waals surface area contributed by atoms with Crippen LogP contribution in [0.3, 0.4) is 0 Å². The van der Waals surface area contributed by atoms with Crippen molar-refractivity contribution in [1.82, 2.24) is 4.90 Å². The second kappa shape index (κ2) is 7.89. The molecule has 6 heteroatoms. The van der Waals surface area contributed by atoms with Crippen LogP contribution >= 0.6 is 0 Å². The first-order chi connectivity index (χ1) is 10.6. The van der Waals surface area contributed by atoms with E-state index in [1.807, 2.05) is 0 Å². The Hall–Kier alpha value is -1.95. The molecule has 0 spiro atoms. The van der Waals surface area contributed by atoms with E-state index in [2.05, 4.69) is 10.2 Å². The van der Waals surface area contributed by atoms with Gasteiger partial charge in [0.2, 0.25) is 0 Å². The molecular formula is C16H24N2O4. The number of nitrogens with zero attached hydrogens (tertiary/aromatic N) is 1. The second-order valence-electron chi connectivity index (χ2n) is 5.47. The summed E-state index contributed by atoms with van der Waals surface area (Å²) in [5, 5.41) is 11.8. The molecule has 1 aliphatic rings. The molecule has 1 atom stereocenters. The Balaban J connectivity index is 1.91. The van der Waals surface area contributed by atoms with Gasteiger partial charge in [-0.25, -0.2) is 0 Å². The number of likely N-dealkylation sites (tertiary alicyclic amines) is 1. The number of aliphatic carboxylic acids is 1. The van der Waals surface area contributed by atoms with Crippen LogP contribution in [0.5, 0.6) is 11.5 Å². The number of methoxy groups -OCH3 is 1. The fourth-order valence-electron chi connectivity index (χ4n) is 2.48. The Morgan fingerprint density at radius 1 is 1.36 bits per heavy atom.